The first kappa shape index (κ1) is 14.7. The maximum absolute atomic E-state index is 11.4. The molecule has 1 atom stereocenters. The van der Waals surface area contributed by atoms with E-state index >= 15 is 0 Å². The number of amides is 1. The Morgan fingerprint density at radius 1 is 1.39 bits per heavy atom. The number of carboxylic acid groups (broad SMARTS) is 1. The van der Waals surface area contributed by atoms with Crippen LogP contribution in [0, 0.1) is 5.92 Å². The maximum atomic E-state index is 11.4. The van der Waals surface area contributed by atoms with Gasteiger partial charge in [-0.25, -0.2) is 0 Å². The van der Waals surface area contributed by atoms with Crippen molar-refractivity contribution >= 4 is 27.8 Å². The van der Waals surface area contributed by atoms with Crippen LogP contribution in [0.4, 0.5) is 0 Å². The molecule has 4 nitrogen and oxygen atoms in total. The third-order valence-corrected chi connectivity index (χ3v) is 3.36. The summed E-state index contributed by atoms with van der Waals surface area (Å²) in [5.74, 6) is -1.82. The van der Waals surface area contributed by atoms with Crippen molar-refractivity contribution in [3.05, 3.63) is 34.3 Å². The number of carbonyl (C=O) groups excluding carboxylic acids is 1. The van der Waals surface area contributed by atoms with Gasteiger partial charge in [-0.1, -0.05) is 41.1 Å². The highest BCUT2D eigenvalue weighted by atomic mass is 79.9. The monoisotopic (exact) mass is 313 g/mol. The number of halogens is 1. The number of nitrogens with one attached hydrogen (secondary N) is 1. The van der Waals surface area contributed by atoms with E-state index in [1.165, 1.54) is 6.92 Å². The molecular weight excluding hydrogens is 298 g/mol. The van der Waals surface area contributed by atoms with Crippen LogP contribution in [-0.2, 0) is 16.0 Å². The molecule has 1 unspecified atom stereocenters. The molecule has 5 heteroatoms. The Balaban J connectivity index is 2.32. The predicted octanol–water partition coefficient (Wildman–Crippen LogP) is 2.22. The number of benzene rings is 1. The molecule has 0 heterocycles. The molecule has 1 amide bonds. The zero-order valence-corrected chi connectivity index (χ0v) is 11.7. The Labute approximate surface area is 115 Å². The Bertz CT molecular complexity index is 434. The van der Waals surface area contributed by atoms with E-state index < -0.39 is 11.9 Å². The molecule has 0 radical (unpaired) electrons. The number of hydrogen-bond acceptors (Lipinski definition) is 2. The molecule has 0 aliphatic rings. The Morgan fingerprint density at radius 2 is 2.06 bits per heavy atom. The fourth-order valence-electron chi connectivity index (χ4n) is 1.48. The van der Waals surface area contributed by atoms with E-state index in [9.17, 15) is 9.59 Å². The van der Waals surface area contributed by atoms with Gasteiger partial charge in [-0.05, 0) is 18.1 Å². The second-order valence-electron chi connectivity index (χ2n) is 4.13. The normalized spacial score (nSPS) is 11.9. The van der Waals surface area contributed by atoms with Gasteiger partial charge in [0.1, 0.15) is 0 Å². The second kappa shape index (κ2) is 7.16. The predicted molar refractivity (Wildman–Crippen MR) is 72.3 cm³/mol. The molecule has 0 saturated carbocycles. The van der Waals surface area contributed by atoms with Crippen molar-refractivity contribution in [2.24, 2.45) is 5.92 Å². The van der Waals surface area contributed by atoms with Crippen LogP contribution < -0.4 is 5.32 Å². The average molecular weight is 314 g/mol. The van der Waals surface area contributed by atoms with Gasteiger partial charge in [0.15, 0.2) is 0 Å². The summed E-state index contributed by atoms with van der Waals surface area (Å²) < 4.78 is 1.01. The van der Waals surface area contributed by atoms with Gasteiger partial charge in [0.05, 0.1) is 5.92 Å². The molecule has 0 aromatic heterocycles. The molecule has 98 valence electrons. The highest BCUT2D eigenvalue weighted by Gasteiger charge is 2.15. The summed E-state index contributed by atoms with van der Waals surface area (Å²) in [6.07, 6.45) is 0.736. The van der Waals surface area contributed by atoms with Crippen LogP contribution in [-0.4, -0.2) is 23.5 Å². The van der Waals surface area contributed by atoms with Crippen LogP contribution in [0.5, 0.6) is 0 Å². The standard InChI is InChI=1S/C13H16BrNO3/c1-9(13(17)18)8-12(16)15-7-6-10-4-2-3-5-11(10)14/h2-5,9H,6-8H2,1H3,(H,15,16)(H,17,18). The summed E-state index contributed by atoms with van der Waals surface area (Å²) in [4.78, 5) is 22.0. The summed E-state index contributed by atoms with van der Waals surface area (Å²) in [6, 6.07) is 7.80. The van der Waals surface area contributed by atoms with Crippen LogP contribution in [0.3, 0.4) is 0 Å². The quantitative estimate of drug-likeness (QED) is 0.846. The fraction of sp³-hybridized carbons (Fsp3) is 0.385. The van der Waals surface area contributed by atoms with Gasteiger partial charge in [-0.3, -0.25) is 9.59 Å². The van der Waals surface area contributed by atoms with Crippen molar-refractivity contribution in [3.63, 3.8) is 0 Å². The third kappa shape index (κ3) is 4.87. The van der Waals surface area contributed by atoms with E-state index in [0.29, 0.717) is 13.0 Å². The van der Waals surface area contributed by atoms with Gasteiger partial charge in [0.2, 0.25) is 5.91 Å². The van der Waals surface area contributed by atoms with Crippen molar-refractivity contribution < 1.29 is 14.7 Å². The van der Waals surface area contributed by atoms with Crippen LogP contribution in [0.1, 0.15) is 18.9 Å². The Kier molecular flexibility index (Phi) is 5.85. The molecule has 0 aliphatic heterocycles. The van der Waals surface area contributed by atoms with E-state index in [2.05, 4.69) is 21.2 Å². The van der Waals surface area contributed by atoms with Gasteiger partial charge in [0.25, 0.3) is 0 Å². The summed E-state index contributed by atoms with van der Waals surface area (Å²) in [7, 11) is 0. The van der Waals surface area contributed by atoms with Crippen LogP contribution in [0.25, 0.3) is 0 Å². The molecule has 1 aromatic carbocycles. The minimum atomic E-state index is -0.948. The molecule has 0 spiro atoms. The molecule has 1 aromatic rings. The van der Waals surface area contributed by atoms with E-state index in [1.54, 1.807) is 0 Å². The van der Waals surface area contributed by atoms with E-state index in [0.717, 1.165) is 10.0 Å². The first-order chi connectivity index (χ1) is 8.50. The number of carbonyl (C=O) groups is 2. The first-order valence-corrected chi connectivity index (χ1v) is 6.53. The van der Waals surface area contributed by atoms with Crippen LogP contribution in [0.2, 0.25) is 0 Å². The molecular formula is C13H16BrNO3. The molecule has 0 saturated heterocycles. The smallest absolute Gasteiger partial charge is 0.306 e. The molecule has 1 rings (SSSR count). The second-order valence-corrected chi connectivity index (χ2v) is 4.99. The van der Waals surface area contributed by atoms with E-state index in [4.69, 9.17) is 5.11 Å². The van der Waals surface area contributed by atoms with Crippen molar-refractivity contribution in [1.29, 1.82) is 0 Å². The maximum Gasteiger partial charge on any atom is 0.306 e. The highest BCUT2D eigenvalue weighted by molar-refractivity contribution is 9.10. The van der Waals surface area contributed by atoms with Crippen molar-refractivity contribution in [3.8, 4) is 0 Å². The molecule has 18 heavy (non-hydrogen) atoms. The minimum absolute atomic E-state index is 0.0191. The Hall–Kier alpha value is -1.36. The van der Waals surface area contributed by atoms with Gasteiger partial charge in [-0.15, -0.1) is 0 Å². The van der Waals surface area contributed by atoms with Crippen molar-refractivity contribution in [1.82, 2.24) is 5.32 Å². The third-order valence-electron chi connectivity index (χ3n) is 2.59. The summed E-state index contributed by atoms with van der Waals surface area (Å²) in [5, 5.41) is 11.4. The van der Waals surface area contributed by atoms with Crippen molar-refractivity contribution in [2.45, 2.75) is 19.8 Å². The highest BCUT2D eigenvalue weighted by Crippen LogP contribution is 2.15. The first-order valence-electron chi connectivity index (χ1n) is 5.73. The number of aliphatic carboxylic acids is 1. The lowest BCUT2D eigenvalue weighted by molar-refractivity contribution is -0.143. The van der Waals surface area contributed by atoms with Crippen molar-refractivity contribution in [2.75, 3.05) is 6.54 Å². The summed E-state index contributed by atoms with van der Waals surface area (Å²) >= 11 is 3.43. The van der Waals surface area contributed by atoms with E-state index in [-0.39, 0.29) is 12.3 Å². The molecule has 0 aliphatic carbocycles. The van der Waals surface area contributed by atoms with Crippen LogP contribution >= 0.6 is 15.9 Å². The topological polar surface area (TPSA) is 66.4 Å². The lowest BCUT2D eigenvalue weighted by Crippen LogP contribution is -2.28. The molecule has 0 bridgehead atoms. The number of rotatable bonds is 6. The van der Waals surface area contributed by atoms with Gasteiger partial charge >= 0.3 is 5.97 Å². The molecule has 2 N–H and O–H groups in total. The van der Waals surface area contributed by atoms with E-state index in [1.807, 2.05) is 24.3 Å². The Morgan fingerprint density at radius 3 is 2.67 bits per heavy atom. The minimum Gasteiger partial charge on any atom is -0.481 e. The van der Waals surface area contributed by atoms with Crippen LogP contribution in [0.15, 0.2) is 28.7 Å². The van der Waals surface area contributed by atoms with Gasteiger partial charge in [0, 0.05) is 17.4 Å². The SMILES string of the molecule is CC(CC(=O)NCCc1ccccc1Br)C(=O)O. The summed E-state index contributed by atoms with van der Waals surface area (Å²) in [6.45, 7) is 2.03. The largest absolute Gasteiger partial charge is 0.481 e. The zero-order chi connectivity index (χ0) is 13.5. The fourth-order valence-corrected chi connectivity index (χ4v) is 1.96. The zero-order valence-electron chi connectivity index (χ0n) is 10.1. The molecule has 0 fully saturated rings. The van der Waals surface area contributed by atoms with Gasteiger partial charge in [-0.2, -0.15) is 0 Å². The number of hydrogen-bond donors (Lipinski definition) is 2. The van der Waals surface area contributed by atoms with Gasteiger partial charge < -0.3 is 10.4 Å². The number of carboxylic acids is 1. The average Bonchev–Trinajstić information content (AvgIpc) is 2.31. The lowest BCUT2D eigenvalue weighted by atomic mass is 10.1. The summed E-state index contributed by atoms with van der Waals surface area (Å²) in [5.41, 5.74) is 1.11. The lowest BCUT2D eigenvalue weighted by Gasteiger charge is -2.08.